The molecule has 1 amide bonds. The standard InChI is InChI=1S/C18H23N3O3S2/c1-11-15(12(2)21-18(20-11)25-4)7-8-16(22)24-13(3)17(23)19-10-14-6-5-9-26-14/h5-6,9,13H,7-8,10H2,1-4H3,(H,19,23). The molecule has 0 aliphatic rings. The zero-order valence-corrected chi connectivity index (χ0v) is 17.0. The summed E-state index contributed by atoms with van der Waals surface area (Å²) in [6, 6.07) is 3.87. The number of carbonyl (C=O) groups excluding carboxylic acids is 2. The third-order valence-corrected chi connectivity index (χ3v) is 5.28. The van der Waals surface area contributed by atoms with Gasteiger partial charge in [0.15, 0.2) is 11.3 Å². The van der Waals surface area contributed by atoms with Gasteiger partial charge in [-0.25, -0.2) is 9.97 Å². The van der Waals surface area contributed by atoms with Crippen molar-refractivity contribution in [1.82, 2.24) is 15.3 Å². The monoisotopic (exact) mass is 393 g/mol. The summed E-state index contributed by atoms with van der Waals surface area (Å²) in [5.74, 6) is -0.705. The zero-order chi connectivity index (χ0) is 19.1. The Labute approximate surface area is 161 Å². The lowest BCUT2D eigenvalue weighted by molar-refractivity contribution is -0.154. The highest BCUT2D eigenvalue weighted by atomic mass is 32.2. The van der Waals surface area contributed by atoms with Crippen LogP contribution in [0.25, 0.3) is 0 Å². The van der Waals surface area contributed by atoms with E-state index in [1.807, 2.05) is 37.6 Å². The highest BCUT2D eigenvalue weighted by Crippen LogP contribution is 2.17. The van der Waals surface area contributed by atoms with Crippen molar-refractivity contribution in [3.05, 3.63) is 39.3 Å². The van der Waals surface area contributed by atoms with Crippen LogP contribution in [0.4, 0.5) is 0 Å². The maximum atomic E-state index is 12.1. The molecule has 0 saturated carbocycles. The molecule has 0 fully saturated rings. The Bertz CT molecular complexity index is 740. The first-order valence-electron chi connectivity index (χ1n) is 8.28. The Morgan fingerprint density at radius 2 is 2.00 bits per heavy atom. The van der Waals surface area contributed by atoms with Crippen molar-refractivity contribution in [2.45, 2.75) is 51.4 Å². The van der Waals surface area contributed by atoms with Crippen molar-refractivity contribution in [3.63, 3.8) is 0 Å². The summed E-state index contributed by atoms with van der Waals surface area (Å²) >= 11 is 3.05. The van der Waals surface area contributed by atoms with E-state index in [-0.39, 0.29) is 12.3 Å². The van der Waals surface area contributed by atoms with Gasteiger partial charge in [0.25, 0.3) is 5.91 Å². The van der Waals surface area contributed by atoms with Crippen LogP contribution in [-0.4, -0.2) is 34.2 Å². The maximum Gasteiger partial charge on any atom is 0.306 e. The zero-order valence-electron chi connectivity index (χ0n) is 15.4. The molecule has 0 spiro atoms. The second-order valence-electron chi connectivity index (χ2n) is 5.79. The summed E-state index contributed by atoms with van der Waals surface area (Å²) in [5, 5.41) is 5.44. The molecule has 1 unspecified atom stereocenters. The third kappa shape index (κ3) is 5.81. The molecular weight excluding hydrogens is 370 g/mol. The van der Waals surface area contributed by atoms with Crippen LogP contribution in [-0.2, 0) is 27.3 Å². The lowest BCUT2D eigenvalue weighted by Crippen LogP contribution is -2.35. The fourth-order valence-electron chi connectivity index (χ4n) is 2.43. The number of nitrogens with zero attached hydrogens (tertiary/aromatic N) is 2. The smallest absolute Gasteiger partial charge is 0.306 e. The van der Waals surface area contributed by atoms with Crippen molar-refractivity contribution in [1.29, 1.82) is 0 Å². The quantitative estimate of drug-likeness (QED) is 0.422. The number of carbonyl (C=O) groups is 2. The van der Waals surface area contributed by atoms with E-state index < -0.39 is 12.1 Å². The molecule has 0 aromatic carbocycles. The molecule has 0 aliphatic heterocycles. The number of thioether (sulfide) groups is 1. The molecular formula is C18H23N3O3S2. The number of thiophene rings is 1. The van der Waals surface area contributed by atoms with Crippen LogP contribution in [0.5, 0.6) is 0 Å². The van der Waals surface area contributed by atoms with Gasteiger partial charge in [-0.05, 0) is 50.5 Å². The van der Waals surface area contributed by atoms with Crippen molar-refractivity contribution in [3.8, 4) is 0 Å². The van der Waals surface area contributed by atoms with Crippen LogP contribution >= 0.6 is 23.1 Å². The Balaban J connectivity index is 1.81. The Morgan fingerprint density at radius 1 is 1.31 bits per heavy atom. The Kier molecular flexibility index (Phi) is 7.59. The van der Waals surface area contributed by atoms with E-state index in [4.69, 9.17) is 4.74 Å². The topological polar surface area (TPSA) is 81.2 Å². The van der Waals surface area contributed by atoms with E-state index in [0.717, 1.165) is 27.0 Å². The fourth-order valence-corrected chi connectivity index (χ4v) is 3.53. The molecule has 8 heteroatoms. The van der Waals surface area contributed by atoms with Crippen LogP contribution < -0.4 is 5.32 Å². The predicted molar refractivity (Wildman–Crippen MR) is 103 cm³/mol. The first-order chi connectivity index (χ1) is 12.4. The Hall–Kier alpha value is -1.93. The molecule has 2 aromatic heterocycles. The SMILES string of the molecule is CSc1nc(C)c(CCC(=O)OC(C)C(=O)NCc2cccs2)c(C)n1. The van der Waals surface area contributed by atoms with Gasteiger partial charge in [-0.3, -0.25) is 9.59 Å². The van der Waals surface area contributed by atoms with Gasteiger partial charge in [-0.1, -0.05) is 17.8 Å². The van der Waals surface area contributed by atoms with Gasteiger partial charge in [0.2, 0.25) is 0 Å². The highest BCUT2D eigenvalue weighted by Gasteiger charge is 2.18. The van der Waals surface area contributed by atoms with E-state index in [0.29, 0.717) is 13.0 Å². The molecule has 0 radical (unpaired) electrons. The Morgan fingerprint density at radius 3 is 2.58 bits per heavy atom. The van der Waals surface area contributed by atoms with Crippen LogP contribution in [0, 0.1) is 13.8 Å². The van der Waals surface area contributed by atoms with Gasteiger partial charge >= 0.3 is 5.97 Å². The minimum Gasteiger partial charge on any atom is -0.453 e. The van der Waals surface area contributed by atoms with E-state index in [2.05, 4.69) is 15.3 Å². The number of ether oxygens (including phenoxy) is 1. The van der Waals surface area contributed by atoms with E-state index in [9.17, 15) is 9.59 Å². The lowest BCUT2D eigenvalue weighted by Gasteiger charge is -2.14. The molecule has 0 bridgehead atoms. The van der Waals surface area contributed by atoms with Crippen LogP contribution in [0.1, 0.15) is 35.2 Å². The van der Waals surface area contributed by atoms with Gasteiger partial charge in [-0.2, -0.15) is 0 Å². The summed E-state index contributed by atoms with van der Waals surface area (Å²) in [7, 11) is 0. The minimum absolute atomic E-state index is 0.187. The summed E-state index contributed by atoms with van der Waals surface area (Å²) < 4.78 is 5.24. The number of hydrogen-bond acceptors (Lipinski definition) is 7. The molecule has 2 aromatic rings. The molecule has 1 N–H and O–H groups in total. The van der Waals surface area contributed by atoms with Crippen molar-refractivity contribution in [2.24, 2.45) is 0 Å². The summed E-state index contributed by atoms with van der Waals surface area (Å²) in [4.78, 5) is 33.9. The summed E-state index contributed by atoms with van der Waals surface area (Å²) in [6.45, 7) is 5.84. The second-order valence-corrected chi connectivity index (χ2v) is 7.59. The minimum atomic E-state index is -0.820. The number of nitrogens with one attached hydrogen (secondary N) is 1. The fraction of sp³-hybridized carbons (Fsp3) is 0.444. The first-order valence-corrected chi connectivity index (χ1v) is 10.4. The number of hydrogen-bond donors (Lipinski definition) is 1. The number of aryl methyl sites for hydroxylation is 2. The number of amides is 1. The van der Waals surface area contributed by atoms with Crippen molar-refractivity contribution in [2.75, 3.05) is 6.26 Å². The third-order valence-electron chi connectivity index (χ3n) is 3.86. The largest absolute Gasteiger partial charge is 0.453 e. The highest BCUT2D eigenvalue weighted by molar-refractivity contribution is 7.98. The van der Waals surface area contributed by atoms with Crippen LogP contribution in [0.3, 0.4) is 0 Å². The molecule has 2 rings (SSSR count). The molecule has 140 valence electrons. The van der Waals surface area contributed by atoms with E-state index >= 15 is 0 Å². The van der Waals surface area contributed by atoms with Crippen LogP contribution in [0.2, 0.25) is 0 Å². The maximum absolute atomic E-state index is 12.1. The molecule has 2 heterocycles. The number of aromatic nitrogens is 2. The van der Waals surface area contributed by atoms with Gasteiger partial charge in [0.05, 0.1) is 6.54 Å². The molecule has 1 atom stereocenters. The van der Waals surface area contributed by atoms with Crippen molar-refractivity contribution < 1.29 is 14.3 Å². The van der Waals surface area contributed by atoms with Gasteiger partial charge in [0, 0.05) is 22.7 Å². The lowest BCUT2D eigenvalue weighted by atomic mass is 10.1. The van der Waals surface area contributed by atoms with E-state index in [1.165, 1.54) is 11.8 Å². The predicted octanol–water partition coefficient (Wildman–Crippen LogP) is 3.06. The second kappa shape index (κ2) is 9.68. The average Bonchev–Trinajstić information content (AvgIpc) is 3.12. The summed E-state index contributed by atoms with van der Waals surface area (Å²) in [5.41, 5.74) is 2.70. The van der Waals surface area contributed by atoms with Gasteiger partial charge in [0.1, 0.15) is 0 Å². The van der Waals surface area contributed by atoms with E-state index in [1.54, 1.807) is 18.3 Å². The average molecular weight is 394 g/mol. The molecule has 0 saturated heterocycles. The van der Waals surface area contributed by atoms with Gasteiger partial charge < -0.3 is 10.1 Å². The molecule has 26 heavy (non-hydrogen) atoms. The molecule has 0 aliphatic carbocycles. The van der Waals surface area contributed by atoms with Crippen LogP contribution in [0.15, 0.2) is 22.7 Å². The summed E-state index contributed by atoms with van der Waals surface area (Å²) in [6.07, 6.45) is 1.79. The normalized spacial score (nSPS) is 11.8. The van der Waals surface area contributed by atoms with Gasteiger partial charge in [-0.15, -0.1) is 11.3 Å². The number of esters is 1. The molecule has 6 nitrogen and oxygen atoms in total. The first kappa shape index (κ1) is 20.4. The number of rotatable bonds is 8. The van der Waals surface area contributed by atoms with Crippen molar-refractivity contribution >= 4 is 35.0 Å².